The van der Waals surface area contributed by atoms with Crippen molar-refractivity contribution in [2.75, 3.05) is 30.9 Å². The van der Waals surface area contributed by atoms with Gasteiger partial charge >= 0.3 is 0 Å². The van der Waals surface area contributed by atoms with Crippen molar-refractivity contribution in [2.45, 2.75) is 19.3 Å². The molecule has 1 aromatic rings. The molecule has 0 unspecified atom stereocenters. The van der Waals surface area contributed by atoms with Crippen molar-refractivity contribution in [3.8, 4) is 5.75 Å². The molecule has 0 bridgehead atoms. The van der Waals surface area contributed by atoms with Crippen molar-refractivity contribution in [3.63, 3.8) is 0 Å². The van der Waals surface area contributed by atoms with Gasteiger partial charge in [0.2, 0.25) is 0 Å². The lowest BCUT2D eigenvalue weighted by molar-refractivity contribution is -0.123. The molecule has 0 aliphatic heterocycles. The highest BCUT2D eigenvalue weighted by molar-refractivity contribution is 7.98. The molecular weight excluding hydrogens is 260 g/mol. The summed E-state index contributed by atoms with van der Waals surface area (Å²) in [5, 5.41) is 2.84. The summed E-state index contributed by atoms with van der Waals surface area (Å²) in [7, 11) is 0. The van der Waals surface area contributed by atoms with E-state index in [-0.39, 0.29) is 12.5 Å². The Hall–Kier alpha value is -1.36. The lowest BCUT2D eigenvalue weighted by Crippen LogP contribution is -2.29. The molecule has 1 aromatic carbocycles. The van der Waals surface area contributed by atoms with E-state index in [2.05, 4.69) is 11.6 Å². The summed E-state index contributed by atoms with van der Waals surface area (Å²) in [5.41, 5.74) is 6.25. The van der Waals surface area contributed by atoms with Crippen LogP contribution in [-0.4, -0.2) is 31.1 Å². The van der Waals surface area contributed by atoms with Gasteiger partial charge in [0.1, 0.15) is 5.75 Å². The van der Waals surface area contributed by atoms with Crippen LogP contribution in [0.25, 0.3) is 0 Å². The zero-order chi connectivity index (χ0) is 13.9. The van der Waals surface area contributed by atoms with Gasteiger partial charge in [-0.3, -0.25) is 4.79 Å². The van der Waals surface area contributed by atoms with E-state index in [9.17, 15) is 4.79 Å². The van der Waals surface area contributed by atoms with Gasteiger partial charge in [0.25, 0.3) is 5.91 Å². The fraction of sp³-hybridized carbons (Fsp3) is 0.500. The van der Waals surface area contributed by atoms with Gasteiger partial charge in [-0.1, -0.05) is 12.5 Å². The Balaban J connectivity index is 2.08. The Kier molecular flexibility index (Phi) is 7.89. The minimum Gasteiger partial charge on any atom is -0.484 e. The minimum atomic E-state index is -0.0905. The first kappa shape index (κ1) is 15.7. The van der Waals surface area contributed by atoms with Crippen LogP contribution in [0.15, 0.2) is 24.3 Å². The van der Waals surface area contributed by atoms with Crippen molar-refractivity contribution in [3.05, 3.63) is 24.3 Å². The summed E-state index contributed by atoms with van der Waals surface area (Å²) < 4.78 is 5.35. The molecule has 0 atom stereocenters. The number of carbonyl (C=O) groups excluding carboxylic acids is 1. The smallest absolute Gasteiger partial charge is 0.257 e. The fourth-order valence-electron chi connectivity index (χ4n) is 1.58. The monoisotopic (exact) mass is 282 g/mol. The number of unbranched alkanes of at least 4 members (excludes halogenated alkanes) is 2. The van der Waals surface area contributed by atoms with E-state index in [1.165, 1.54) is 12.2 Å². The van der Waals surface area contributed by atoms with Gasteiger partial charge in [-0.25, -0.2) is 0 Å². The van der Waals surface area contributed by atoms with Gasteiger partial charge in [0.15, 0.2) is 6.61 Å². The summed E-state index contributed by atoms with van der Waals surface area (Å²) >= 11 is 1.86. The maximum atomic E-state index is 11.5. The predicted octanol–water partition coefficient (Wildman–Crippen LogP) is 2.30. The van der Waals surface area contributed by atoms with Gasteiger partial charge in [-0.2, -0.15) is 11.8 Å². The second kappa shape index (κ2) is 9.55. The molecule has 3 N–H and O–H groups in total. The number of nitrogen functional groups attached to an aromatic ring is 1. The number of carbonyl (C=O) groups is 1. The first-order chi connectivity index (χ1) is 9.22. The van der Waals surface area contributed by atoms with Crippen LogP contribution in [0.4, 0.5) is 5.69 Å². The van der Waals surface area contributed by atoms with E-state index in [0.717, 1.165) is 12.8 Å². The van der Waals surface area contributed by atoms with Crippen molar-refractivity contribution in [1.29, 1.82) is 0 Å². The molecule has 106 valence electrons. The van der Waals surface area contributed by atoms with E-state index in [4.69, 9.17) is 10.5 Å². The fourth-order valence-corrected chi connectivity index (χ4v) is 2.07. The van der Waals surface area contributed by atoms with Crippen LogP contribution >= 0.6 is 11.8 Å². The predicted molar refractivity (Wildman–Crippen MR) is 81.6 cm³/mol. The first-order valence-corrected chi connectivity index (χ1v) is 7.85. The van der Waals surface area contributed by atoms with Gasteiger partial charge in [0, 0.05) is 18.3 Å². The number of hydrogen-bond donors (Lipinski definition) is 2. The summed E-state index contributed by atoms with van der Waals surface area (Å²) in [6, 6.07) is 7.07. The van der Waals surface area contributed by atoms with Crippen molar-refractivity contribution < 1.29 is 9.53 Å². The van der Waals surface area contributed by atoms with Gasteiger partial charge in [-0.15, -0.1) is 0 Å². The molecule has 0 saturated carbocycles. The molecular formula is C14H22N2O2S. The highest BCUT2D eigenvalue weighted by Gasteiger charge is 2.02. The Morgan fingerprint density at radius 2 is 2.21 bits per heavy atom. The Morgan fingerprint density at radius 3 is 2.95 bits per heavy atom. The normalized spacial score (nSPS) is 10.2. The molecule has 0 saturated heterocycles. The number of thioether (sulfide) groups is 1. The topological polar surface area (TPSA) is 64.3 Å². The average molecular weight is 282 g/mol. The number of benzene rings is 1. The largest absolute Gasteiger partial charge is 0.484 e. The maximum absolute atomic E-state index is 11.5. The standard InChI is InChI=1S/C14H22N2O2S/c1-19-9-4-2-3-8-16-14(17)11-18-13-7-5-6-12(15)10-13/h5-7,10H,2-4,8-9,11,15H2,1H3,(H,16,17). The van der Waals surface area contributed by atoms with Gasteiger partial charge in [0.05, 0.1) is 0 Å². The van der Waals surface area contributed by atoms with E-state index in [0.29, 0.717) is 18.0 Å². The average Bonchev–Trinajstić information content (AvgIpc) is 2.40. The van der Waals surface area contributed by atoms with E-state index >= 15 is 0 Å². The number of rotatable bonds is 9. The molecule has 19 heavy (non-hydrogen) atoms. The molecule has 0 aliphatic carbocycles. The number of hydrogen-bond acceptors (Lipinski definition) is 4. The van der Waals surface area contributed by atoms with E-state index in [1.807, 2.05) is 11.8 Å². The SMILES string of the molecule is CSCCCCCNC(=O)COc1cccc(N)c1. The Morgan fingerprint density at radius 1 is 1.37 bits per heavy atom. The molecule has 4 nitrogen and oxygen atoms in total. The summed E-state index contributed by atoms with van der Waals surface area (Å²) in [6.07, 6.45) is 5.48. The van der Waals surface area contributed by atoms with Crippen LogP contribution in [0.2, 0.25) is 0 Å². The van der Waals surface area contributed by atoms with E-state index < -0.39 is 0 Å². The third kappa shape index (κ3) is 7.62. The summed E-state index contributed by atoms with van der Waals surface area (Å²) in [6.45, 7) is 0.752. The summed E-state index contributed by atoms with van der Waals surface area (Å²) in [5.74, 6) is 1.72. The molecule has 0 spiro atoms. The molecule has 0 aromatic heterocycles. The van der Waals surface area contributed by atoms with Crippen LogP contribution in [0.3, 0.4) is 0 Å². The zero-order valence-corrected chi connectivity index (χ0v) is 12.2. The lowest BCUT2D eigenvalue weighted by Gasteiger charge is -2.07. The number of ether oxygens (including phenoxy) is 1. The number of amides is 1. The van der Waals surface area contributed by atoms with Crippen LogP contribution in [0.1, 0.15) is 19.3 Å². The quantitative estimate of drug-likeness (QED) is 0.539. The van der Waals surface area contributed by atoms with Crippen molar-refractivity contribution in [2.24, 2.45) is 0 Å². The maximum Gasteiger partial charge on any atom is 0.257 e. The van der Waals surface area contributed by atoms with Crippen molar-refractivity contribution in [1.82, 2.24) is 5.32 Å². The second-order valence-electron chi connectivity index (χ2n) is 4.26. The van der Waals surface area contributed by atoms with Gasteiger partial charge in [-0.05, 0) is 37.0 Å². The third-order valence-corrected chi connectivity index (χ3v) is 3.27. The van der Waals surface area contributed by atoms with Crippen molar-refractivity contribution >= 4 is 23.4 Å². The number of anilines is 1. The molecule has 5 heteroatoms. The highest BCUT2D eigenvalue weighted by atomic mass is 32.2. The molecule has 0 heterocycles. The minimum absolute atomic E-state index is 0.0360. The third-order valence-electron chi connectivity index (χ3n) is 2.58. The highest BCUT2D eigenvalue weighted by Crippen LogP contribution is 2.13. The Bertz CT molecular complexity index is 385. The molecule has 1 amide bonds. The zero-order valence-electron chi connectivity index (χ0n) is 11.4. The molecule has 0 aliphatic rings. The molecule has 0 fully saturated rings. The van der Waals surface area contributed by atoms with Crippen LogP contribution in [0, 0.1) is 0 Å². The summed E-state index contributed by atoms with van der Waals surface area (Å²) in [4.78, 5) is 11.5. The first-order valence-electron chi connectivity index (χ1n) is 6.46. The lowest BCUT2D eigenvalue weighted by atomic mass is 10.2. The second-order valence-corrected chi connectivity index (χ2v) is 5.25. The number of nitrogens with two attached hydrogens (primary N) is 1. The molecule has 1 rings (SSSR count). The number of nitrogens with one attached hydrogen (secondary N) is 1. The van der Waals surface area contributed by atoms with Crippen LogP contribution in [0.5, 0.6) is 5.75 Å². The molecule has 0 radical (unpaired) electrons. The Labute approximate surface area is 119 Å². The van der Waals surface area contributed by atoms with E-state index in [1.54, 1.807) is 24.3 Å². The van der Waals surface area contributed by atoms with Gasteiger partial charge < -0.3 is 15.8 Å². The van der Waals surface area contributed by atoms with Crippen LogP contribution in [-0.2, 0) is 4.79 Å². The van der Waals surface area contributed by atoms with Crippen LogP contribution < -0.4 is 15.8 Å².